The first-order valence-corrected chi connectivity index (χ1v) is 8.00. The molecule has 0 bridgehead atoms. The van der Waals surface area contributed by atoms with Crippen LogP contribution in [0.25, 0.3) is 0 Å². The number of amides is 1. The van der Waals surface area contributed by atoms with Crippen LogP contribution in [0, 0.1) is 20.2 Å². The number of nitrogens with one attached hydrogen (secondary N) is 1. The Hall–Kier alpha value is -3.14. The van der Waals surface area contributed by atoms with Crippen LogP contribution in [-0.2, 0) is 4.79 Å². The zero-order valence-electron chi connectivity index (χ0n) is 12.7. The number of hydrogen-bond acceptors (Lipinski definition) is 7. The first-order chi connectivity index (χ1) is 11.9. The van der Waals surface area contributed by atoms with E-state index in [1.54, 1.807) is 12.1 Å². The molecule has 2 aromatic rings. The first-order valence-electron chi connectivity index (χ1n) is 7.01. The van der Waals surface area contributed by atoms with E-state index in [1.807, 2.05) is 0 Å². The van der Waals surface area contributed by atoms with Gasteiger partial charge in [-0.3, -0.25) is 25.0 Å². The lowest BCUT2D eigenvalue weighted by Crippen LogP contribution is -2.12. The largest absolute Gasteiger partial charge is 0.508 e. The second kappa shape index (κ2) is 8.11. The molecule has 0 unspecified atom stereocenters. The number of nitrogens with zero attached hydrogens (tertiary/aromatic N) is 2. The van der Waals surface area contributed by atoms with E-state index in [0.717, 1.165) is 17.8 Å². The Balaban J connectivity index is 1.94. The van der Waals surface area contributed by atoms with Crippen LogP contribution in [0.5, 0.6) is 5.75 Å². The van der Waals surface area contributed by atoms with Gasteiger partial charge in [-0.1, -0.05) is 0 Å². The molecule has 0 radical (unpaired) electrons. The minimum Gasteiger partial charge on any atom is -0.508 e. The summed E-state index contributed by atoms with van der Waals surface area (Å²) in [5.74, 6) is 0.0598. The van der Waals surface area contributed by atoms with Gasteiger partial charge in [-0.05, 0) is 30.3 Å². The number of rotatable bonds is 7. The lowest BCUT2D eigenvalue weighted by Gasteiger charge is -2.06. The van der Waals surface area contributed by atoms with Crippen molar-refractivity contribution in [2.45, 2.75) is 11.3 Å². The zero-order chi connectivity index (χ0) is 18.4. The predicted octanol–water partition coefficient (Wildman–Crippen LogP) is 3.33. The van der Waals surface area contributed by atoms with E-state index in [4.69, 9.17) is 5.11 Å². The van der Waals surface area contributed by atoms with Gasteiger partial charge in [0.25, 0.3) is 11.4 Å². The van der Waals surface area contributed by atoms with Gasteiger partial charge in [0.2, 0.25) is 5.91 Å². The summed E-state index contributed by atoms with van der Waals surface area (Å²) in [7, 11) is 0. The van der Waals surface area contributed by atoms with Crippen molar-refractivity contribution >= 4 is 34.7 Å². The van der Waals surface area contributed by atoms with Crippen molar-refractivity contribution in [3.05, 3.63) is 62.7 Å². The summed E-state index contributed by atoms with van der Waals surface area (Å²) in [6.07, 6.45) is 0.0969. The van der Waals surface area contributed by atoms with Crippen molar-refractivity contribution < 1.29 is 19.7 Å². The highest BCUT2D eigenvalue weighted by molar-refractivity contribution is 7.99. The van der Waals surface area contributed by atoms with Crippen molar-refractivity contribution in [2.75, 3.05) is 11.1 Å². The number of nitro groups is 2. The summed E-state index contributed by atoms with van der Waals surface area (Å²) >= 11 is 1.07. The van der Waals surface area contributed by atoms with Gasteiger partial charge in [0, 0.05) is 23.9 Å². The molecule has 1 amide bonds. The van der Waals surface area contributed by atoms with E-state index < -0.39 is 9.85 Å². The molecule has 2 rings (SSSR count). The van der Waals surface area contributed by atoms with Gasteiger partial charge in [-0.2, -0.15) is 0 Å². The minimum atomic E-state index is -0.702. The zero-order valence-corrected chi connectivity index (χ0v) is 13.6. The number of thioether (sulfide) groups is 1. The summed E-state index contributed by atoms with van der Waals surface area (Å²) < 4.78 is 0. The third-order valence-corrected chi connectivity index (χ3v) is 4.15. The molecule has 0 saturated heterocycles. The van der Waals surface area contributed by atoms with Gasteiger partial charge >= 0.3 is 0 Å². The van der Waals surface area contributed by atoms with Crippen LogP contribution in [0.2, 0.25) is 0 Å². The van der Waals surface area contributed by atoms with Crippen molar-refractivity contribution in [3.8, 4) is 5.75 Å². The van der Waals surface area contributed by atoms with Gasteiger partial charge in [-0.25, -0.2) is 0 Å². The van der Waals surface area contributed by atoms with E-state index in [0.29, 0.717) is 5.69 Å². The van der Waals surface area contributed by atoms with Gasteiger partial charge in [-0.15, -0.1) is 11.8 Å². The smallest absolute Gasteiger partial charge is 0.289 e. The molecule has 0 aliphatic rings. The average Bonchev–Trinajstić information content (AvgIpc) is 2.56. The number of non-ortho nitro benzene ring substituents is 1. The van der Waals surface area contributed by atoms with E-state index in [1.165, 1.54) is 24.3 Å². The number of benzene rings is 2. The molecule has 2 N–H and O–H groups in total. The standard InChI is InChI=1S/C15H13N3O6S/c19-12-4-1-10(2-5-12)16-15(20)7-8-25-14-6-3-11(17(21)22)9-13(14)18(23)24/h1-6,9,19H,7-8H2,(H,16,20). The molecule has 0 aliphatic carbocycles. The Morgan fingerprint density at radius 1 is 1.08 bits per heavy atom. The molecular weight excluding hydrogens is 350 g/mol. The number of phenolic OH excluding ortho intramolecular Hbond substituents is 1. The fraction of sp³-hybridized carbons (Fsp3) is 0.133. The highest BCUT2D eigenvalue weighted by atomic mass is 32.2. The molecule has 10 heteroatoms. The molecule has 25 heavy (non-hydrogen) atoms. The van der Waals surface area contributed by atoms with Crippen molar-refractivity contribution in [2.24, 2.45) is 0 Å². The van der Waals surface area contributed by atoms with Gasteiger partial charge in [0.15, 0.2) is 0 Å². The fourth-order valence-electron chi connectivity index (χ4n) is 1.91. The van der Waals surface area contributed by atoms with E-state index in [9.17, 15) is 25.0 Å². The molecule has 0 aliphatic heterocycles. The number of phenols is 1. The third-order valence-electron chi connectivity index (χ3n) is 3.09. The van der Waals surface area contributed by atoms with Crippen LogP contribution in [0.15, 0.2) is 47.4 Å². The number of nitro benzene ring substituents is 2. The highest BCUT2D eigenvalue weighted by Crippen LogP contribution is 2.32. The van der Waals surface area contributed by atoms with Crippen LogP contribution >= 0.6 is 11.8 Å². The number of anilines is 1. The average molecular weight is 363 g/mol. The van der Waals surface area contributed by atoms with Crippen LogP contribution in [-0.4, -0.2) is 26.6 Å². The maximum Gasteiger partial charge on any atom is 0.289 e. The van der Waals surface area contributed by atoms with Crippen LogP contribution in [0.1, 0.15) is 6.42 Å². The normalized spacial score (nSPS) is 10.2. The fourth-order valence-corrected chi connectivity index (χ4v) is 2.86. The molecular formula is C15H13N3O6S. The number of carbonyl (C=O) groups excluding carboxylic acids is 1. The van der Waals surface area contributed by atoms with Crippen molar-refractivity contribution in [1.29, 1.82) is 0 Å². The lowest BCUT2D eigenvalue weighted by atomic mass is 10.3. The summed E-state index contributed by atoms with van der Waals surface area (Å²) in [5, 5.41) is 33.5. The molecule has 9 nitrogen and oxygen atoms in total. The Labute approximate surface area is 146 Å². The lowest BCUT2D eigenvalue weighted by molar-refractivity contribution is -0.396. The second-order valence-corrected chi connectivity index (χ2v) is 6.00. The molecule has 0 saturated carbocycles. The third kappa shape index (κ3) is 5.18. The van der Waals surface area contributed by atoms with Crippen molar-refractivity contribution in [3.63, 3.8) is 0 Å². The van der Waals surface area contributed by atoms with Gasteiger partial charge in [0.1, 0.15) is 5.75 Å². The van der Waals surface area contributed by atoms with Crippen LogP contribution in [0.4, 0.5) is 17.1 Å². The molecule has 0 fully saturated rings. The summed E-state index contributed by atoms with van der Waals surface area (Å²) in [6, 6.07) is 9.35. The Morgan fingerprint density at radius 3 is 2.36 bits per heavy atom. The van der Waals surface area contributed by atoms with E-state index in [2.05, 4.69) is 5.32 Å². The first kappa shape index (κ1) is 18.2. The van der Waals surface area contributed by atoms with E-state index in [-0.39, 0.29) is 40.1 Å². The number of carbonyl (C=O) groups is 1. The van der Waals surface area contributed by atoms with Crippen molar-refractivity contribution in [1.82, 2.24) is 0 Å². The molecule has 2 aromatic carbocycles. The molecule has 0 aromatic heterocycles. The van der Waals surface area contributed by atoms with Gasteiger partial charge < -0.3 is 10.4 Å². The molecule has 0 heterocycles. The molecule has 0 spiro atoms. The Bertz CT molecular complexity index is 809. The van der Waals surface area contributed by atoms with Crippen LogP contribution in [0.3, 0.4) is 0 Å². The van der Waals surface area contributed by atoms with E-state index >= 15 is 0 Å². The minimum absolute atomic E-state index is 0.0824. The summed E-state index contributed by atoms with van der Waals surface area (Å²) in [5.41, 5.74) is -0.201. The monoisotopic (exact) mass is 363 g/mol. The predicted molar refractivity (Wildman–Crippen MR) is 91.8 cm³/mol. The Morgan fingerprint density at radius 2 is 1.76 bits per heavy atom. The summed E-state index contributed by atoms with van der Waals surface area (Å²) in [6.45, 7) is 0. The topological polar surface area (TPSA) is 136 Å². The maximum absolute atomic E-state index is 11.8. The maximum atomic E-state index is 11.8. The SMILES string of the molecule is O=C(CCSc1ccc([N+](=O)[O-])cc1[N+](=O)[O-])Nc1ccc(O)cc1. The quantitative estimate of drug-likeness (QED) is 0.333. The van der Waals surface area contributed by atoms with Crippen LogP contribution < -0.4 is 5.32 Å². The van der Waals surface area contributed by atoms with Gasteiger partial charge in [0.05, 0.1) is 20.8 Å². The Kier molecular flexibility index (Phi) is 5.90. The highest BCUT2D eigenvalue weighted by Gasteiger charge is 2.19. The molecule has 130 valence electrons. The summed E-state index contributed by atoms with van der Waals surface area (Å²) in [4.78, 5) is 32.4. The second-order valence-electron chi connectivity index (χ2n) is 4.86. The molecule has 0 atom stereocenters. The number of aromatic hydroxyl groups is 1. The number of hydrogen-bond donors (Lipinski definition) is 2.